The summed E-state index contributed by atoms with van der Waals surface area (Å²) in [7, 11) is 1.95. The van der Waals surface area contributed by atoms with E-state index in [9.17, 15) is 0 Å². The van der Waals surface area contributed by atoms with Crippen molar-refractivity contribution in [3.05, 3.63) is 23.2 Å². The summed E-state index contributed by atoms with van der Waals surface area (Å²) in [4.78, 5) is 2.50. The second kappa shape index (κ2) is 5.02. The second-order valence-corrected chi connectivity index (χ2v) is 4.81. The number of hydrogen-bond acceptors (Lipinski definition) is 3. The first-order chi connectivity index (χ1) is 7.70. The molecular formula is C13H22N2O. The smallest absolute Gasteiger partial charge is 0.120 e. The average molecular weight is 222 g/mol. The van der Waals surface area contributed by atoms with Crippen molar-refractivity contribution in [3.63, 3.8) is 0 Å². The number of likely N-dealkylation sites (tertiary alicyclic amines) is 1. The zero-order valence-corrected chi connectivity index (χ0v) is 10.5. The van der Waals surface area contributed by atoms with Crippen molar-refractivity contribution in [1.29, 1.82) is 0 Å². The van der Waals surface area contributed by atoms with E-state index in [2.05, 4.69) is 30.1 Å². The summed E-state index contributed by atoms with van der Waals surface area (Å²) in [5.74, 6) is 2.18. The monoisotopic (exact) mass is 222 g/mol. The molecular weight excluding hydrogens is 200 g/mol. The molecule has 1 saturated heterocycles. The largest absolute Gasteiger partial charge is 0.463 e. The van der Waals surface area contributed by atoms with Crippen LogP contribution in [-0.4, -0.2) is 24.5 Å². The predicted octanol–water partition coefficient (Wildman–Crippen LogP) is 2.29. The summed E-state index contributed by atoms with van der Waals surface area (Å²) >= 11 is 0. The molecule has 1 aliphatic heterocycles. The Bertz CT molecular complexity index is 346. The molecule has 0 bridgehead atoms. The van der Waals surface area contributed by atoms with Gasteiger partial charge in [-0.15, -0.1) is 0 Å². The van der Waals surface area contributed by atoms with Gasteiger partial charge < -0.3 is 9.73 Å². The van der Waals surface area contributed by atoms with Crippen molar-refractivity contribution < 1.29 is 4.42 Å². The zero-order valence-electron chi connectivity index (χ0n) is 10.5. The van der Waals surface area contributed by atoms with Gasteiger partial charge in [0.1, 0.15) is 11.5 Å². The Morgan fingerprint density at radius 1 is 1.56 bits per heavy atom. The van der Waals surface area contributed by atoms with Crippen LogP contribution in [-0.2, 0) is 13.1 Å². The van der Waals surface area contributed by atoms with Gasteiger partial charge in [0.2, 0.25) is 0 Å². The van der Waals surface area contributed by atoms with Crippen LogP contribution in [0.5, 0.6) is 0 Å². The summed E-state index contributed by atoms with van der Waals surface area (Å²) < 4.78 is 5.86. The van der Waals surface area contributed by atoms with Gasteiger partial charge in [-0.1, -0.05) is 0 Å². The van der Waals surface area contributed by atoms with Crippen LogP contribution in [0.1, 0.15) is 36.8 Å². The van der Waals surface area contributed by atoms with Gasteiger partial charge in [-0.05, 0) is 51.9 Å². The minimum Gasteiger partial charge on any atom is -0.463 e. The van der Waals surface area contributed by atoms with Crippen molar-refractivity contribution in [2.45, 2.75) is 45.8 Å². The van der Waals surface area contributed by atoms with E-state index in [-0.39, 0.29) is 0 Å². The van der Waals surface area contributed by atoms with Crippen LogP contribution in [0.2, 0.25) is 0 Å². The molecule has 1 atom stereocenters. The highest BCUT2D eigenvalue weighted by atomic mass is 16.3. The first-order valence-electron chi connectivity index (χ1n) is 6.17. The van der Waals surface area contributed by atoms with Crippen LogP contribution >= 0.6 is 0 Å². The topological polar surface area (TPSA) is 28.4 Å². The van der Waals surface area contributed by atoms with Crippen LogP contribution in [0.25, 0.3) is 0 Å². The van der Waals surface area contributed by atoms with Gasteiger partial charge in [-0.3, -0.25) is 4.90 Å². The highest BCUT2D eigenvalue weighted by Gasteiger charge is 2.21. The fraction of sp³-hybridized carbons (Fsp3) is 0.692. The molecule has 1 N–H and O–H groups in total. The number of nitrogens with zero attached hydrogens (tertiary/aromatic N) is 1. The quantitative estimate of drug-likeness (QED) is 0.847. The maximum Gasteiger partial charge on any atom is 0.120 e. The molecule has 2 heterocycles. The molecule has 90 valence electrons. The van der Waals surface area contributed by atoms with E-state index in [0.717, 1.165) is 24.6 Å². The normalized spacial score (nSPS) is 21.8. The average Bonchev–Trinajstić information content (AvgIpc) is 2.77. The molecule has 1 aromatic heterocycles. The molecule has 0 aromatic carbocycles. The van der Waals surface area contributed by atoms with Gasteiger partial charge in [0.15, 0.2) is 0 Å². The van der Waals surface area contributed by atoms with Crippen LogP contribution in [0.3, 0.4) is 0 Å². The lowest BCUT2D eigenvalue weighted by Gasteiger charge is -2.19. The van der Waals surface area contributed by atoms with E-state index in [1.807, 2.05) is 7.05 Å². The Balaban J connectivity index is 2.01. The van der Waals surface area contributed by atoms with Gasteiger partial charge in [0.05, 0.1) is 13.1 Å². The van der Waals surface area contributed by atoms with E-state index < -0.39 is 0 Å². The standard InChI is InChI=1S/C13H22N2O/c1-10-7-12(16-13(10)8-14-3)9-15-6-4-5-11(15)2/h7,11,14H,4-6,8-9H2,1-3H3. The third-order valence-corrected chi connectivity index (χ3v) is 3.46. The minimum absolute atomic E-state index is 0.707. The Labute approximate surface area is 97.8 Å². The molecule has 1 aliphatic rings. The third kappa shape index (κ3) is 2.47. The molecule has 0 spiro atoms. The molecule has 1 fully saturated rings. The molecule has 2 rings (SSSR count). The molecule has 3 nitrogen and oxygen atoms in total. The number of nitrogens with one attached hydrogen (secondary N) is 1. The van der Waals surface area contributed by atoms with Crippen molar-refractivity contribution in [3.8, 4) is 0 Å². The lowest BCUT2D eigenvalue weighted by molar-refractivity contribution is 0.236. The molecule has 0 aliphatic carbocycles. The molecule has 1 aromatic rings. The van der Waals surface area contributed by atoms with Crippen LogP contribution in [0.4, 0.5) is 0 Å². The lowest BCUT2D eigenvalue weighted by atomic mass is 10.2. The Morgan fingerprint density at radius 2 is 2.38 bits per heavy atom. The summed E-state index contributed by atoms with van der Waals surface area (Å²) in [6, 6.07) is 2.88. The highest BCUT2D eigenvalue weighted by Crippen LogP contribution is 2.22. The number of rotatable bonds is 4. The van der Waals surface area contributed by atoms with Gasteiger partial charge in [-0.25, -0.2) is 0 Å². The third-order valence-electron chi connectivity index (χ3n) is 3.46. The zero-order chi connectivity index (χ0) is 11.5. The SMILES string of the molecule is CNCc1oc(CN2CCCC2C)cc1C. The maximum atomic E-state index is 5.86. The fourth-order valence-electron chi connectivity index (χ4n) is 2.43. The summed E-state index contributed by atoms with van der Waals surface area (Å²) in [6.07, 6.45) is 2.65. The van der Waals surface area contributed by atoms with Crippen molar-refractivity contribution >= 4 is 0 Å². The van der Waals surface area contributed by atoms with E-state index in [4.69, 9.17) is 4.42 Å². The Morgan fingerprint density at radius 3 is 3.00 bits per heavy atom. The van der Waals surface area contributed by atoms with Gasteiger partial charge in [0.25, 0.3) is 0 Å². The minimum atomic E-state index is 0.707. The maximum absolute atomic E-state index is 5.86. The van der Waals surface area contributed by atoms with Gasteiger partial charge in [-0.2, -0.15) is 0 Å². The van der Waals surface area contributed by atoms with E-state index in [1.165, 1.54) is 24.9 Å². The van der Waals surface area contributed by atoms with E-state index in [0.29, 0.717) is 6.04 Å². The van der Waals surface area contributed by atoms with Gasteiger partial charge in [0, 0.05) is 6.04 Å². The first-order valence-corrected chi connectivity index (χ1v) is 6.17. The van der Waals surface area contributed by atoms with E-state index in [1.54, 1.807) is 0 Å². The number of aryl methyl sites for hydroxylation is 1. The van der Waals surface area contributed by atoms with Crippen molar-refractivity contribution in [2.24, 2.45) is 0 Å². The molecule has 0 saturated carbocycles. The predicted molar refractivity (Wildman–Crippen MR) is 65.3 cm³/mol. The fourth-order valence-corrected chi connectivity index (χ4v) is 2.43. The molecule has 16 heavy (non-hydrogen) atoms. The molecule has 0 radical (unpaired) electrons. The molecule has 0 amide bonds. The summed E-state index contributed by atoms with van der Waals surface area (Å²) in [5, 5.41) is 3.13. The van der Waals surface area contributed by atoms with E-state index >= 15 is 0 Å². The van der Waals surface area contributed by atoms with Crippen LogP contribution < -0.4 is 5.32 Å². The number of furan rings is 1. The van der Waals surface area contributed by atoms with Crippen molar-refractivity contribution in [1.82, 2.24) is 10.2 Å². The highest BCUT2D eigenvalue weighted by molar-refractivity contribution is 5.20. The lowest BCUT2D eigenvalue weighted by Crippen LogP contribution is -2.25. The summed E-state index contributed by atoms with van der Waals surface area (Å²) in [5.41, 5.74) is 1.26. The Hall–Kier alpha value is -0.800. The summed E-state index contributed by atoms with van der Waals surface area (Å²) in [6.45, 7) is 7.42. The first kappa shape index (κ1) is 11.7. The molecule has 3 heteroatoms. The molecule has 1 unspecified atom stereocenters. The van der Waals surface area contributed by atoms with Crippen LogP contribution in [0, 0.1) is 6.92 Å². The second-order valence-electron chi connectivity index (χ2n) is 4.81. The Kier molecular flexibility index (Phi) is 3.66. The van der Waals surface area contributed by atoms with Crippen molar-refractivity contribution in [2.75, 3.05) is 13.6 Å². The van der Waals surface area contributed by atoms with Gasteiger partial charge >= 0.3 is 0 Å². The number of hydrogen-bond donors (Lipinski definition) is 1. The van der Waals surface area contributed by atoms with Crippen LogP contribution in [0.15, 0.2) is 10.5 Å².